The van der Waals surface area contributed by atoms with Crippen LogP contribution in [0.25, 0.3) is 10.9 Å². The van der Waals surface area contributed by atoms with Crippen molar-refractivity contribution in [3.8, 4) is 5.75 Å². The SMILES string of the molecule is COc1ccc2ncc(Cl)c(C(O)CCC3(CO)CCN(CCCSc4cccnc4)CC3)c2c1. The Kier molecular flexibility index (Phi) is 9.25. The predicted octanol–water partition coefficient (Wildman–Crippen LogP) is 5.36. The fourth-order valence-corrected chi connectivity index (χ4v) is 5.97. The molecule has 0 aliphatic carbocycles. The Bertz CT molecular complexity index is 1090. The molecule has 3 heterocycles. The number of aromatic nitrogens is 2. The normalized spacial score (nSPS) is 16.9. The van der Waals surface area contributed by atoms with Crippen LogP contribution >= 0.6 is 23.4 Å². The maximum Gasteiger partial charge on any atom is 0.119 e. The molecule has 3 aromatic rings. The molecule has 0 radical (unpaired) electrons. The number of likely N-dealkylation sites (tertiary alicyclic amines) is 1. The third-order valence-electron chi connectivity index (χ3n) is 7.12. The monoisotopic (exact) mass is 515 g/mol. The summed E-state index contributed by atoms with van der Waals surface area (Å²) in [4.78, 5) is 12.3. The molecule has 6 nitrogen and oxygen atoms in total. The number of halogens is 1. The number of hydrogen-bond donors (Lipinski definition) is 2. The molecule has 2 aromatic heterocycles. The summed E-state index contributed by atoms with van der Waals surface area (Å²) in [5.41, 5.74) is 1.30. The molecule has 1 aliphatic heterocycles. The summed E-state index contributed by atoms with van der Waals surface area (Å²) in [6.07, 6.45) is 8.87. The van der Waals surface area contributed by atoms with Crippen molar-refractivity contribution in [3.05, 3.63) is 59.5 Å². The Morgan fingerprint density at radius 3 is 2.77 bits per heavy atom. The van der Waals surface area contributed by atoms with Gasteiger partial charge in [0, 0.05) is 41.0 Å². The Balaban J connectivity index is 1.30. The van der Waals surface area contributed by atoms with Crippen LogP contribution in [0.5, 0.6) is 5.75 Å². The van der Waals surface area contributed by atoms with Gasteiger partial charge >= 0.3 is 0 Å². The van der Waals surface area contributed by atoms with Crippen LogP contribution in [0.3, 0.4) is 0 Å². The molecule has 0 amide bonds. The molecule has 35 heavy (non-hydrogen) atoms. The van der Waals surface area contributed by atoms with E-state index in [2.05, 4.69) is 20.9 Å². The van der Waals surface area contributed by atoms with Gasteiger partial charge in [-0.1, -0.05) is 11.6 Å². The van der Waals surface area contributed by atoms with Gasteiger partial charge in [-0.3, -0.25) is 9.97 Å². The smallest absolute Gasteiger partial charge is 0.119 e. The van der Waals surface area contributed by atoms with Crippen LogP contribution in [0, 0.1) is 5.41 Å². The van der Waals surface area contributed by atoms with Gasteiger partial charge in [-0.25, -0.2) is 0 Å². The lowest BCUT2D eigenvalue weighted by atomic mass is 9.74. The van der Waals surface area contributed by atoms with Gasteiger partial charge in [0.15, 0.2) is 0 Å². The van der Waals surface area contributed by atoms with Crippen molar-refractivity contribution in [1.82, 2.24) is 14.9 Å². The Morgan fingerprint density at radius 2 is 2.06 bits per heavy atom. The van der Waals surface area contributed by atoms with E-state index in [1.165, 1.54) is 4.90 Å². The van der Waals surface area contributed by atoms with E-state index in [-0.39, 0.29) is 12.0 Å². The first-order chi connectivity index (χ1) is 17.0. The molecule has 188 valence electrons. The van der Waals surface area contributed by atoms with E-state index in [1.54, 1.807) is 19.5 Å². The first kappa shape index (κ1) is 26.2. The molecule has 8 heteroatoms. The highest BCUT2D eigenvalue weighted by Crippen LogP contribution is 2.40. The van der Waals surface area contributed by atoms with Crippen LogP contribution in [0.4, 0.5) is 0 Å². The fourth-order valence-electron chi connectivity index (χ4n) is 4.87. The third kappa shape index (κ3) is 6.66. The van der Waals surface area contributed by atoms with Crippen molar-refractivity contribution in [1.29, 1.82) is 0 Å². The number of benzene rings is 1. The summed E-state index contributed by atoms with van der Waals surface area (Å²) < 4.78 is 5.36. The van der Waals surface area contributed by atoms with Crippen LogP contribution in [-0.4, -0.2) is 64.2 Å². The predicted molar refractivity (Wildman–Crippen MR) is 142 cm³/mol. The van der Waals surface area contributed by atoms with Crippen molar-refractivity contribution in [2.24, 2.45) is 5.41 Å². The summed E-state index contributed by atoms with van der Waals surface area (Å²) in [6.45, 7) is 3.16. The van der Waals surface area contributed by atoms with Gasteiger partial charge in [-0.2, -0.15) is 0 Å². The number of rotatable bonds is 11. The molecule has 1 aromatic carbocycles. The van der Waals surface area contributed by atoms with Gasteiger partial charge in [0.1, 0.15) is 5.75 Å². The molecule has 1 saturated heterocycles. The summed E-state index contributed by atoms with van der Waals surface area (Å²) >= 11 is 8.32. The summed E-state index contributed by atoms with van der Waals surface area (Å²) in [5.74, 6) is 1.78. The fraction of sp³-hybridized carbons (Fsp3) is 0.481. The van der Waals surface area contributed by atoms with Crippen LogP contribution in [0.15, 0.2) is 53.8 Å². The first-order valence-electron chi connectivity index (χ1n) is 12.2. The van der Waals surface area contributed by atoms with E-state index in [9.17, 15) is 10.2 Å². The van der Waals surface area contributed by atoms with E-state index in [4.69, 9.17) is 16.3 Å². The number of hydrogen-bond acceptors (Lipinski definition) is 7. The molecule has 1 unspecified atom stereocenters. The van der Waals surface area contributed by atoms with Gasteiger partial charge in [-0.15, -0.1) is 11.8 Å². The van der Waals surface area contributed by atoms with Crippen LogP contribution < -0.4 is 4.74 Å². The third-order valence-corrected chi connectivity index (χ3v) is 8.49. The molecular formula is C27H34ClN3O3S. The zero-order valence-corrected chi connectivity index (χ0v) is 21.8. The molecule has 4 rings (SSSR count). The number of pyridine rings is 2. The average molecular weight is 516 g/mol. The Hall–Kier alpha value is -1.90. The quantitative estimate of drug-likeness (QED) is 0.263. The second-order valence-corrected chi connectivity index (χ2v) is 10.9. The van der Waals surface area contributed by atoms with E-state index in [1.807, 2.05) is 42.2 Å². The Labute approximate surface area is 216 Å². The van der Waals surface area contributed by atoms with E-state index in [0.29, 0.717) is 22.8 Å². The lowest BCUT2D eigenvalue weighted by Gasteiger charge is -2.41. The lowest BCUT2D eigenvalue weighted by Crippen LogP contribution is -2.42. The summed E-state index contributed by atoms with van der Waals surface area (Å²) in [5, 5.41) is 22.7. The van der Waals surface area contributed by atoms with Gasteiger partial charge in [0.25, 0.3) is 0 Å². The van der Waals surface area contributed by atoms with Gasteiger partial charge in [0.2, 0.25) is 0 Å². The number of fused-ring (bicyclic) bond motifs is 1. The first-order valence-corrected chi connectivity index (χ1v) is 13.6. The van der Waals surface area contributed by atoms with Gasteiger partial charge < -0.3 is 19.8 Å². The van der Waals surface area contributed by atoms with Crippen molar-refractivity contribution < 1.29 is 14.9 Å². The lowest BCUT2D eigenvalue weighted by molar-refractivity contribution is 0.0238. The Morgan fingerprint density at radius 1 is 1.23 bits per heavy atom. The van der Waals surface area contributed by atoms with Crippen LogP contribution in [0.2, 0.25) is 5.02 Å². The van der Waals surface area contributed by atoms with Gasteiger partial charge in [0.05, 0.1) is 23.8 Å². The molecule has 1 aliphatic rings. The molecule has 1 atom stereocenters. The minimum atomic E-state index is -0.730. The minimum Gasteiger partial charge on any atom is -0.497 e. The summed E-state index contributed by atoms with van der Waals surface area (Å²) in [6, 6.07) is 9.67. The van der Waals surface area contributed by atoms with E-state index >= 15 is 0 Å². The molecule has 2 N–H and O–H groups in total. The highest BCUT2D eigenvalue weighted by Gasteiger charge is 2.34. The number of piperidine rings is 1. The minimum absolute atomic E-state index is 0.142. The highest BCUT2D eigenvalue weighted by atomic mass is 35.5. The number of ether oxygens (including phenoxy) is 1. The topological polar surface area (TPSA) is 78.7 Å². The zero-order chi connectivity index (χ0) is 24.7. The molecular weight excluding hydrogens is 482 g/mol. The zero-order valence-electron chi connectivity index (χ0n) is 20.2. The van der Waals surface area contributed by atoms with Crippen molar-refractivity contribution in [2.75, 3.05) is 39.1 Å². The molecule has 0 bridgehead atoms. The molecule has 1 fully saturated rings. The maximum absolute atomic E-state index is 11.1. The van der Waals surface area contributed by atoms with Crippen LogP contribution in [0.1, 0.15) is 43.8 Å². The van der Waals surface area contributed by atoms with Crippen molar-refractivity contribution in [3.63, 3.8) is 0 Å². The average Bonchev–Trinajstić information content (AvgIpc) is 2.90. The second kappa shape index (κ2) is 12.4. The number of aliphatic hydroxyl groups excluding tert-OH is 2. The highest BCUT2D eigenvalue weighted by molar-refractivity contribution is 7.99. The standard InChI is InChI=1S/C27H34ClN3O3S/c1-34-20-5-6-24-22(16-20)26(23(28)18-30-24)25(33)7-8-27(19-32)9-13-31(14-10-27)12-3-15-35-21-4-2-11-29-17-21/h2,4-6,11,16-18,25,32-33H,3,7-10,12-15,19H2,1H3. The van der Waals surface area contributed by atoms with E-state index in [0.717, 1.165) is 62.0 Å². The molecule has 0 spiro atoms. The molecule has 0 saturated carbocycles. The summed E-state index contributed by atoms with van der Waals surface area (Å²) in [7, 11) is 1.62. The maximum atomic E-state index is 11.1. The number of methoxy groups -OCH3 is 1. The van der Waals surface area contributed by atoms with Crippen molar-refractivity contribution >= 4 is 34.3 Å². The van der Waals surface area contributed by atoms with Crippen molar-refractivity contribution in [2.45, 2.75) is 43.1 Å². The number of thioether (sulfide) groups is 1. The van der Waals surface area contributed by atoms with Crippen LogP contribution in [-0.2, 0) is 0 Å². The largest absolute Gasteiger partial charge is 0.497 e. The second-order valence-electron chi connectivity index (χ2n) is 9.35. The van der Waals surface area contributed by atoms with E-state index < -0.39 is 6.10 Å². The number of nitrogens with zero attached hydrogens (tertiary/aromatic N) is 3. The van der Waals surface area contributed by atoms with Gasteiger partial charge in [-0.05, 0) is 93.2 Å². The number of aliphatic hydroxyl groups is 2.